The van der Waals surface area contributed by atoms with Crippen LogP contribution in [0, 0.1) is 5.92 Å². The number of hydrogen-bond donors (Lipinski definition) is 2. The number of aliphatic hydroxyl groups excluding tert-OH is 1. The Morgan fingerprint density at radius 2 is 1.87 bits per heavy atom. The lowest BCUT2D eigenvalue weighted by molar-refractivity contribution is -0.102. The first kappa shape index (κ1) is 24.0. The van der Waals surface area contributed by atoms with Gasteiger partial charge >= 0.3 is 6.09 Å². The normalized spacial score (nSPS) is 25.4. The summed E-state index contributed by atoms with van der Waals surface area (Å²) in [6.45, 7) is 7.15. The molecule has 2 aliphatic rings. The van der Waals surface area contributed by atoms with Gasteiger partial charge in [0.05, 0.1) is 23.9 Å². The minimum absolute atomic E-state index is 0.196. The molecule has 1 aliphatic heterocycles. The highest BCUT2D eigenvalue weighted by Gasteiger charge is 2.52. The summed E-state index contributed by atoms with van der Waals surface area (Å²) < 4.78 is 12.0. The monoisotopic (exact) mass is 433 g/mol. The Bertz CT molecular complexity index is 708. The first-order chi connectivity index (χ1) is 14.6. The fraction of sp³-hybridized carbons (Fsp3) is 0.720. The fourth-order valence-corrected chi connectivity index (χ4v) is 4.95. The van der Waals surface area contributed by atoms with Gasteiger partial charge in [-0.1, -0.05) is 62.4 Å². The van der Waals surface area contributed by atoms with Gasteiger partial charge in [0.1, 0.15) is 12.3 Å². The molecule has 1 heterocycles. The van der Waals surface area contributed by atoms with Crippen molar-refractivity contribution in [2.24, 2.45) is 5.92 Å². The van der Waals surface area contributed by atoms with Gasteiger partial charge in [0, 0.05) is 6.42 Å². The summed E-state index contributed by atoms with van der Waals surface area (Å²) in [6, 6.07) is 9.44. The lowest BCUT2D eigenvalue weighted by Crippen LogP contribution is -2.49. The summed E-state index contributed by atoms with van der Waals surface area (Å²) >= 11 is 0. The quantitative estimate of drug-likeness (QED) is 0.656. The molecule has 1 amide bonds. The van der Waals surface area contributed by atoms with Gasteiger partial charge in [-0.15, -0.1) is 0 Å². The molecule has 31 heavy (non-hydrogen) atoms. The zero-order valence-electron chi connectivity index (χ0n) is 19.4. The molecule has 2 fully saturated rings. The van der Waals surface area contributed by atoms with Crippen LogP contribution in [0.5, 0.6) is 0 Å². The smallest absolute Gasteiger partial charge is 0.412 e. The third-order valence-electron chi connectivity index (χ3n) is 6.75. The molecule has 0 radical (unpaired) electrons. The summed E-state index contributed by atoms with van der Waals surface area (Å²) in [4.78, 5) is 15.0. The van der Waals surface area contributed by atoms with Crippen molar-refractivity contribution in [3.8, 4) is 0 Å². The number of benzene rings is 1. The van der Waals surface area contributed by atoms with Gasteiger partial charge in [-0.3, -0.25) is 4.90 Å². The summed E-state index contributed by atoms with van der Waals surface area (Å²) in [5.41, 5.74) is -1.15. The maximum atomic E-state index is 13.2. The molecule has 0 spiro atoms. The van der Waals surface area contributed by atoms with Crippen molar-refractivity contribution in [3.05, 3.63) is 35.9 Å². The molecule has 174 valence electrons. The molecule has 6 heteroatoms. The van der Waals surface area contributed by atoms with Crippen molar-refractivity contribution >= 4 is 6.09 Å². The SMILES string of the molecule is CC(C)(O)[C@@H](O)C[C@@H]1OC(C)(C)N(C(=O)OCc2ccccc2)[C@H]1CC1CCCCC1. The predicted molar refractivity (Wildman–Crippen MR) is 119 cm³/mol. The van der Waals surface area contributed by atoms with E-state index in [4.69, 9.17) is 9.47 Å². The molecule has 3 atom stereocenters. The van der Waals surface area contributed by atoms with Crippen LogP contribution in [0.25, 0.3) is 0 Å². The molecule has 1 aliphatic carbocycles. The molecule has 1 aromatic rings. The lowest BCUT2D eigenvalue weighted by Gasteiger charge is -2.35. The largest absolute Gasteiger partial charge is 0.444 e. The standard InChI is InChI=1S/C25H39NO5/c1-24(2,29)22(27)16-21-20(15-18-11-7-5-8-12-18)26(25(3,4)31-21)23(28)30-17-19-13-9-6-10-14-19/h6,9-10,13-14,18,20-22,27,29H,5,7-8,11-12,15-17H2,1-4H3/t20-,21-,22-/m0/s1. The van der Waals surface area contributed by atoms with E-state index in [1.807, 2.05) is 44.2 Å². The van der Waals surface area contributed by atoms with E-state index in [9.17, 15) is 15.0 Å². The Morgan fingerprint density at radius 3 is 2.48 bits per heavy atom. The fourth-order valence-electron chi connectivity index (χ4n) is 4.95. The zero-order valence-corrected chi connectivity index (χ0v) is 19.4. The number of carbonyl (C=O) groups is 1. The Balaban J connectivity index is 1.77. The highest BCUT2D eigenvalue weighted by atomic mass is 16.6. The van der Waals surface area contributed by atoms with Gasteiger partial charge < -0.3 is 19.7 Å². The molecular formula is C25H39NO5. The zero-order chi connectivity index (χ0) is 22.6. The molecule has 1 saturated carbocycles. The van der Waals surface area contributed by atoms with Gasteiger partial charge in [0.25, 0.3) is 0 Å². The van der Waals surface area contributed by atoms with Gasteiger partial charge in [-0.2, -0.15) is 0 Å². The summed E-state index contributed by atoms with van der Waals surface area (Å²) in [6.07, 6.45) is 5.43. The van der Waals surface area contributed by atoms with Crippen LogP contribution in [0.3, 0.4) is 0 Å². The number of aliphatic hydroxyl groups is 2. The van der Waals surface area contributed by atoms with Crippen molar-refractivity contribution in [1.82, 2.24) is 4.90 Å². The minimum atomic E-state index is -1.23. The average molecular weight is 434 g/mol. The Kier molecular flexibility index (Phi) is 7.66. The molecule has 3 rings (SSSR count). The number of nitrogens with zero attached hydrogens (tertiary/aromatic N) is 1. The van der Waals surface area contributed by atoms with E-state index in [0.29, 0.717) is 5.92 Å². The average Bonchev–Trinajstić information content (AvgIpc) is 2.96. The van der Waals surface area contributed by atoms with E-state index >= 15 is 0 Å². The van der Waals surface area contributed by atoms with Crippen molar-refractivity contribution in [3.63, 3.8) is 0 Å². The molecule has 0 unspecified atom stereocenters. The highest BCUT2D eigenvalue weighted by molar-refractivity contribution is 5.69. The van der Waals surface area contributed by atoms with E-state index in [2.05, 4.69) is 0 Å². The third kappa shape index (κ3) is 6.21. The van der Waals surface area contributed by atoms with Crippen LogP contribution in [0.2, 0.25) is 0 Å². The number of hydrogen-bond acceptors (Lipinski definition) is 5. The Labute approximate surface area is 186 Å². The number of carbonyl (C=O) groups excluding carboxylic acids is 1. The maximum absolute atomic E-state index is 13.2. The Hall–Kier alpha value is -1.63. The van der Waals surface area contributed by atoms with Crippen LogP contribution < -0.4 is 0 Å². The molecule has 2 N–H and O–H groups in total. The minimum Gasteiger partial charge on any atom is -0.444 e. The van der Waals surface area contributed by atoms with Gasteiger partial charge in [0.2, 0.25) is 0 Å². The van der Waals surface area contributed by atoms with E-state index in [-0.39, 0.29) is 25.2 Å². The van der Waals surface area contributed by atoms with Crippen molar-refractivity contribution in [2.45, 2.75) is 109 Å². The van der Waals surface area contributed by atoms with Gasteiger partial charge in [-0.25, -0.2) is 4.79 Å². The van der Waals surface area contributed by atoms with Gasteiger partial charge in [-0.05, 0) is 45.6 Å². The number of ether oxygens (including phenoxy) is 2. The topological polar surface area (TPSA) is 79.2 Å². The van der Waals surface area contributed by atoms with Crippen LogP contribution in [-0.2, 0) is 16.1 Å². The summed E-state index contributed by atoms with van der Waals surface area (Å²) in [7, 11) is 0. The van der Waals surface area contributed by atoms with Crippen molar-refractivity contribution in [2.75, 3.05) is 0 Å². The molecule has 1 aromatic carbocycles. The van der Waals surface area contributed by atoms with Crippen LogP contribution in [0.1, 0.15) is 78.2 Å². The summed E-state index contributed by atoms with van der Waals surface area (Å²) in [5, 5.41) is 20.8. The molecule has 6 nitrogen and oxygen atoms in total. The first-order valence-electron chi connectivity index (χ1n) is 11.7. The lowest BCUT2D eigenvalue weighted by atomic mass is 9.82. The van der Waals surface area contributed by atoms with Crippen LogP contribution in [0.15, 0.2) is 30.3 Å². The predicted octanol–water partition coefficient (Wildman–Crippen LogP) is 4.62. The van der Waals surface area contributed by atoms with Crippen molar-refractivity contribution < 1.29 is 24.5 Å². The van der Waals surface area contributed by atoms with Gasteiger partial charge in [0.15, 0.2) is 0 Å². The molecule has 1 saturated heterocycles. The second-order valence-electron chi connectivity index (χ2n) is 10.2. The van der Waals surface area contributed by atoms with Crippen LogP contribution in [-0.4, -0.2) is 50.8 Å². The van der Waals surface area contributed by atoms with E-state index in [1.54, 1.807) is 18.7 Å². The summed E-state index contributed by atoms with van der Waals surface area (Å²) in [5.74, 6) is 0.530. The Morgan fingerprint density at radius 1 is 1.23 bits per heavy atom. The second-order valence-corrected chi connectivity index (χ2v) is 10.2. The van der Waals surface area contributed by atoms with E-state index < -0.39 is 23.5 Å². The number of rotatable bonds is 7. The van der Waals surface area contributed by atoms with E-state index in [1.165, 1.54) is 19.3 Å². The van der Waals surface area contributed by atoms with Crippen LogP contribution in [0.4, 0.5) is 4.79 Å². The van der Waals surface area contributed by atoms with E-state index in [0.717, 1.165) is 24.8 Å². The molecule has 0 aromatic heterocycles. The molecular weight excluding hydrogens is 394 g/mol. The highest BCUT2D eigenvalue weighted by Crippen LogP contribution is 2.40. The third-order valence-corrected chi connectivity index (χ3v) is 6.75. The first-order valence-corrected chi connectivity index (χ1v) is 11.7. The second kappa shape index (κ2) is 9.88. The number of amides is 1. The van der Waals surface area contributed by atoms with Crippen molar-refractivity contribution in [1.29, 1.82) is 0 Å². The maximum Gasteiger partial charge on any atom is 0.412 e. The van der Waals surface area contributed by atoms with Crippen LogP contribution >= 0.6 is 0 Å². The molecule has 0 bridgehead atoms.